The molecule has 432 valence electrons. The molecule has 0 spiro atoms. The van der Waals surface area contributed by atoms with Gasteiger partial charge in [0.25, 0.3) is 0 Å². The molecule has 0 saturated heterocycles. The van der Waals surface area contributed by atoms with Crippen LogP contribution in [0.25, 0.3) is 0 Å². The Labute approximate surface area is 463 Å². The topological polar surface area (TPSA) is 69.6 Å². The lowest BCUT2D eigenvalue weighted by atomic mass is 10.0. The van der Waals surface area contributed by atoms with Crippen molar-refractivity contribution in [3.05, 3.63) is 72.9 Å². The number of carbonyl (C=O) groups excluding carboxylic acids is 1. The molecule has 0 rings (SSSR count). The van der Waals surface area contributed by atoms with Crippen LogP contribution in [0.15, 0.2) is 72.9 Å². The number of allylic oxidation sites excluding steroid dienone is 11. The summed E-state index contributed by atoms with van der Waals surface area (Å²) in [6.07, 6.45) is 94.1. The maximum absolute atomic E-state index is 12.5. The lowest BCUT2D eigenvalue weighted by Crippen LogP contribution is -2.45. The van der Waals surface area contributed by atoms with Crippen molar-refractivity contribution < 1.29 is 15.0 Å². The van der Waals surface area contributed by atoms with Crippen molar-refractivity contribution in [2.75, 3.05) is 6.61 Å². The SMILES string of the molecule is CC/C=C\C/C=C\C/C=C\C/C=C\CCCCCCCCCCCCCCCCCCCCCCCCCCCCCCC(=O)NC(CO)C(O)/C=C/CC/C=C/CCCCCCCCCCCCCCCCC. The first kappa shape index (κ1) is 71.8. The molecule has 0 aliphatic rings. The fraction of sp³-hybridized carbons (Fsp3) is 0.814. The Morgan fingerprint density at radius 3 is 0.946 bits per heavy atom. The van der Waals surface area contributed by atoms with E-state index in [0.29, 0.717) is 6.42 Å². The summed E-state index contributed by atoms with van der Waals surface area (Å²) in [4.78, 5) is 12.5. The molecule has 2 unspecified atom stereocenters. The van der Waals surface area contributed by atoms with Gasteiger partial charge in [0.1, 0.15) is 0 Å². The molecular weight excluding hydrogens is 903 g/mol. The minimum absolute atomic E-state index is 0.0678. The van der Waals surface area contributed by atoms with E-state index in [0.717, 1.165) is 57.8 Å². The number of carbonyl (C=O) groups is 1. The molecule has 0 radical (unpaired) electrons. The van der Waals surface area contributed by atoms with Gasteiger partial charge in [-0.05, 0) is 70.6 Å². The lowest BCUT2D eigenvalue weighted by Gasteiger charge is -2.19. The molecule has 0 heterocycles. The minimum atomic E-state index is -0.863. The molecule has 0 aromatic rings. The predicted octanol–water partition coefficient (Wildman–Crippen LogP) is 22.5. The largest absolute Gasteiger partial charge is 0.394 e. The number of aliphatic hydroxyl groups is 2. The van der Waals surface area contributed by atoms with E-state index in [-0.39, 0.29) is 12.5 Å². The summed E-state index contributed by atoms with van der Waals surface area (Å²) in [5, 5.41) is 23.2. The standard InChI is InChI=1S/C70H129NO3/c1-3-5-7-9-11-13-15-17-19-21-23-25-26-27-28-29-30-31-32-33-34-35-36-37-38-39-40-41-42-43-44-46-48-50-52-54-56-58-60-62-64-66-70(74)71-68(67-72)69(73)65-63-61-59-57-55-53-51-49-47-45-24-22-20-18-16-14-12-10-8-6-4-2/h5,7,11,13,17,19,23,25,55,57,63,65,68-69,72-73H,3-4,6,8-10,12,14-16,18,20-22,24,26-54,56,58-62,64,66-67H2,1-2H3,(H,71,74)/b7-5-,13-11-,19-17-,25-23-,57-55+,65-63+. The van der Waals surface area contributed by atoms with Gasteiger partial charge in [0.15, 0.2) is 0 Å². The smallest absolute Gasteiger partial charge is 0.220 e. The summed E-state index contributed by atoms with van der Waals surface area (Å²) in [6, 6.07) is -0.640. The van der Waals surface area contributed by atoms with Crippen LogP contribution in [-0.4, -0.2) is 34.9 Å². The number of rotatable bonds is 61. The Bertz CT molecular complexity index is 1260. The summed E-state index contributed by atoms with van der Waals surface area (Å²) in [5.74, 6) is -0.0678. The van der Waals surface area contributed by atoms with Crippen molar-refractivity contribution in [3.8, 4) is 0 Å². The summed E-state index contributed by atoms with van der Waals surface area (Å²) in [7, 11) is 0. The van der Waals surface area contributed by atoms with Crippen LogP contribution < -0.4 is 5.32 Å². The van der Waals surface area contributed by atoms with Crippen LogP contribution in [-0.2, 0) is 4.79 Å². The van der Waals surface area contributed by atoms with Crippen molar-refractivity contribution in [3.63, 3.8) is 0 Å². The second kappa shape index (κ2) is 65.1. The van der Waals surface area contributed by atoms with Crippen LogP contribution >= 0.6 is 0 Å². The van der Waals surface area contributed by atoms with Crippen molar-refractivity contribution in [2.24, 2.45) is 0 Å². The van der Waals surface area contributed by atoms with Gasteiger partial charge in [-0.1, -0.05) is 344 Å². The highest BCUT2D eigenvalue weighted by molar-refractivity contribution is 5.76. The summed E-state index contributed by atoms with van der Waals surface area (Å²) in [6.45, 7) is 4.21. The molecule has 4 nitrogen and oxygen atoms in total. The highest BCUT2D eigenvalue weighted by Gasteiger charge is 2.18. The third kappa shape index (κ3) is 60.7. The van der Waals surface area contributed by atoms with E-state index in [1.807, 2.05) is 6.08 Å². The molecule has 0 aliphatic carbocycles. The van der Waals surface area contributed by atoms with Crippen LogP contribution in [0.1, 0.15) is 348 Å². The Balaban J connectivity index is 3.42. The van der Waals surface area contributed by atoms with Gasteiger partial charge in [0, 0.05) is 6.42 Å². The van der Waals surface area contributed by atoms with E-state index >= 15 is 0 Å². The highest BCUT2D eigenvalue weighted by atomic mass is 16.3. The Morgan fingerprint density at radius 1 is 0.338 bits per heavy atom. The van der Waals surface area contributed by atoms with Crippen LogP contribution in [0, 0.1) is 0 Å². The van der Waals surface area contributed by atoms with Crippen molar-refractivity contribution in [2.45, 2.75) is 360 Å². The van der Waals surface area contributed by atoms with Gasteiger partial charge in [-0.3, -0.25) is 4.79 Å². The number of nitrogens with one attached hydrogen (secondary N) is 1. The van der Waals surface area contributed by atoms with Gasteiger partial charge in [-0.2, -0.15) is 0 Å². The van der Waals surface area contributed by atoms with E-state index in [9.17, 15) is 15.0 Å². The van der Waals surface area contributed by atoms with Gasteiger partial charge < -0.3 is 15.5 Å². The van der Waals surface area contributed by atoms with E-state index in [1.165, 1.54) is 270 Å². The van der Waals surface area contributed by atoms with Gasteiger partial charge in [0.05, 0.1) is 18.8 Å². The third-order valence-corrected chi connectivity index (χ3v) is 15.2. The number of hydrogen-bond donors (Lipinski definition) is 3. The monoisotopic (exact) mass is 1030 g/mol. The average molecular weight is 1030 g/mol. The second-order valence-electron chi connectivity index (χ2n) is 22.5. The first-order valence-corrected chi connectivity index (χ1v) is 33.2. The maximum Gasteiger partial charge on any atom is 0.220 e. The number of amides is 1. The van der Waals surface area contributed by atoms with Gasteiger partial charge in [-0.25, -0.2) is 0 Å². The molecule has 4 heteroatoms. The fourth-order valence-corrected chi connectivity index (χ4v) is 10.2. The molecule has 0 fully saturated rings. The fourth-order valence-electron chi connectivity index (χ4n) is 10.2. The molecule has 1 amide bonds. The molecular formula is C70H129NO3. The second-order valence-corrected chi connectivity index (χ2v) is 22.5. The number of aliphatic hydroxyl groups excluding tert-OH is 2. The zero-order valence-electron chi connectivity index (χ0n) is 49.9. The van der Waals surface area contributed by atoms with Crippen molar-refractivity contribution >= 4 is 5.91 Å². The minimum Gasteiger partial charge on any atom is -0.394 e. The molecule has 0 bridgehead atoms. The van der Waals surface area contributed by atoms with Gasteiger partial charge in [-0.15, -0.1) is 0 Å². The van der Waals surface area contributed by atoms with E-state index in [1.54, 1.807) is 6.08 Å². The number of unbranched alkanes of at least 4 members (excludes halogenated alkanes) is 44. The summed E-state index contributed by atoms with van der Waals surface area (Å²) < 4.78 is 0. The number of hydrogen-bond acceptors (Lipinski definition) is 3. The first-order valence-electron chi connectivity index (χ1n) is 33.2. The molecule has 0 aromatic heterocycles. The van der Waals surface area contributed by atoms with Gasteiger partial charge in [0.2, 0.25) is 5.91 Å². The predicted molar refractivity (Wildman–Crippen MR) is 331 cm³/mol. The normalized spacial score (nSPS) is 13.2. The summed E-state index contributed by atoms with van der Waals surface area (Å²) in [5.41, 5.74) is 0. The summed E-state index contributed by atoms with van der Waals surface area (Å²) >= 11 is 0. The Morgan fingerprint density at radius 2 is 0.608 bits per heavy atom. The Hall–Kier alpha value is -2.17. The molecule has 0 aliphatic heterocycles. The van der Waals surface area contributed by atoms with Gasteiger partial charge >= 0.3 is 0 Å². The Kier molecular flexibility index (Phi) is 63.2. The van der Waals surface area contributed by atoms with E-state index in [4.69, 9.17) is 0 Å². The van der Waals surface area contributed by atoms with Crippen LogP contribution in [0.4, 0.5) is 0 Å². The molecule has 2 atom stereocenters. The molecule has 0 aromatic carbocycles. The van der Waals surface area contributed by atoms with Crippen LogP contribution in [0.3, 0.4) is 0 Å². The zero-order chi connectivity index (χ0) is 53.4. The molecule has 3 N–H and O–H groups in total. The van der Waals surface area contributed by atoms with Crippen molar-refractivity contribution in [1.29, 1.82) is 0 Å². The van der Waals surface area contributed by atoms with Crippen LogP contribution in [0.5, 0.6) is 0 Å². The molecule has 0 saturated carbocycles. The zero-order valence-corrected chi connectivity index (χ0v) is 49.9. The van der Waals surface area contributed by atoms with Crippen molar-refractivity contribution in [1.82, 2.24) is 5.32 Å². The molecule has 74 heavy (non-hydrogen) atoms. The third-order valence-electron chi connectivity index (χ3n) is 15.2. The van der Waals surface area contributed by atoms with E-state index < -0.39 is 12.1 Å². The maximum atomic E-state index is 12.5. The van der Waals surface area contributed by atoms with Crippen LogP contribution in [0.2, 0.25) is 0 Å². The first-order chi connectivity index (χ1) is 36.7. The highest BCUT2D eigenvalue weighted by Crippen LogP contribution is 2.18. The quantitative estimate of drug-likeness (QED) is 0.0420. The van der Waals surface area contributed by atoms with E-state index in [2.05, 4.69) is 79.9 Å². The average Bonchev–Trinajstić information content (AvgIpc) is 3.40. The lowest BCUT2D eigenvalue weighted by molar-refractivity contribution is -0.123.